The van der Waals surface area contributed by atoms with Crippen molar-refractivity contribution in [2.24, 2.45) is 5.10 Å². The second-order valence-electron chi connectivity index (χ2n) is 5.68. The van der Waals surface area contributed by atoms with Gasteiger partial charge in [0.2, 0.25) is 0 Å². The van der Waals surface area contributed by atoms with Crippen LogP contribution in [0.5, 0.6) is 5.75 Å². The Morgan fingerprint density at radius 2 is 1.80 bits per heavy atom. The highest BCUT2D eigenvalue weighted by molar-refractivity contribution is 9.12. The first-order chi connectivity index (χ1) is 12.0. The maximum Gasteiger partial charge on any atom is 0.277 e. The first kappa shape index (κ1) is 18.9. The highest BCUT2D eigenvalue weighted by Crippen LogP contribution is 2.25. The van der Waals surface area contributed by atoms with Crippen LogP contribution >= 0.6 is 15.9 Å². The number of hydrogen-bond acceptors (Lipinski definition) is 3. The fourth-order valence-corrected chi connectivity index (χ4v) is 2.60. The summed E-state index contributed by atoms with van der Waals surface area (Å²) in [5.41, 5.74) is 6.69. The van der Waals surface area contributed by atoms with Crippen molar-refractivity contribution in [1.82, 2.24) is 5.43 Å². The molecule has 0 radical (unpaired) electrons. The van der Waals surface area contributed by atoms with E-state index in [1.807, 2.05) is 69.3 Å². The Morgan fingerprint density at radius 1 is 1.12 bits per heavy atom. The number of rotatable bonds is 6. The van der Waals surface area contributed by atoms with Crippen LogP contribution in [-0.2, 0) is 4.79 Å². The van der Waals surface area contributed by atoms with Crippen LogP contribution in [0.4, 0.5) is 0 Å². The number of nitrogens with zero attached hydrogens (tertiary/aromatic N) is 1. The van der Waals surface area contributed by atoms with Crippen LogP contribution in [0.3, 0.4) is 0 Å². The zero-order valence-electron chi connectivity index (χ0n) is 14.5. The van der Waals surface area contributed by atoms with Crippen LogP contribution < -0.4 is 10.2 Å². The highest BCUT2D eigenvalue weighted by Gasteiger charge is 2.08. The molecule has 2 aromatic carbocycles. The number of amides is 1. The van der Waals surface area contributed by atoms with Gasteiger partial charge in [0.15, 0.2) is 6.61 Å². The fraction of sp³-hybridized carbons (Fsp3) is 0.200. The van der Waals surface area contributed by atoms with E-state index in [9.17, 15) is 4.79 Å². The maximum absolute atomic E-state index is 11.9. The third-order valence-corrected chi connectivity index (χ3v) is 4.14. The van der Waals surface area contributed by atoms with E-state index in [-0.39, 0.29) is 12.5 Å². The van der Waals surface area contributed by atoms with E-state index >= 15 is 0 Å². The van der Waals surface area contributed by atoms with Crippen LogP contribution in [0.2, 0.25) is 0 Å². The molecule has 2 aromatic rings. The van der Waals surface area contributed by atoms with E-state index < -0.39 is 0 Å². The molecule has 130 valence electrons. The van der Waals surface area contributed by atoms with Gasteiger partial charge >= 0.3 is 0 Å². The molecule has 1 amide bonds. The van der Waals surface area contributed by atoms with E-state index in [4.69, 9.17) is 4.74 Å². The molecule has 0 aliphatic heterocycles. The van der Waals surface area contributed by atoms with E-state index in [1.165, 1.54) is 6.21 Å². The molecule has 2 rings (SSSR count). The van der Waals surface area contributed by atoms with Crippen LogP contribution in [0.15, 0.2) is 52.0 Å². The Hall–Kier alpha value is -2.40. The van der Waals surface area contributed by atoms with Crippen molar-refractivity contribution in [1.29, 1.82) is 0 Å². The number of hydrazone groups is 1. The molecule has 0 saturated heterocycles. The van der Waals surface area contributed by atoms with Crippen molar-refractivity contribution < 1.29 is 9.53 Å². The minimum Gasteiger partial charge on any atom is -0.483 e. The first-order valence-corrected chi connectivity index (χ1v) is 8.70. The summed E-state index contributed by atoms with van der Waals surface area (Å²) in [6.07, 6.45) is 3.44. The summed E-state index contributed by atoms with van der Waals surface area (Å²) >= 11 is 3.40. The molecule has 0 saturated carbocycles. The lowest BCUT2D eigenvalue weighted by Gasteiger charge is -2.13. The Kier molecular flexibility index (Phi) is 6.95. The van der Waals surface area contributed by atoms with Gasteiger partial charge in [0.05, 0.1) is 6.21 Å². The van der Waals surface area contributed by atoms with E-state index in [0.717, 1.165) is 32.5 Å². The molecular weight excluding hydrogens is 380 g/mol. The van der Waals surface area contributed by atoms with Gasteiger partial charge in [-0.15, -0.1) is 0 Å². The van der Waals surface area contributed by atoms with Gasteiger partial charge in [0.1, 0.15) is 5.75 Å². The van der Waals surface area contributed by atoms with E-state index in [2.05, 4.69) is 26.5 Å². The quantitative estimate of drug-likeness (QED) is 0.571. The molecular formula is C20H21BrN2O2. The van der Waals surface area contributed by atoms with Gasteiger partial charge in [-0.3, -0.25) is 4.79 Å². The number of allylic oxidation sites excluding steroid dienone is 1. The monoisotopic (exact) mass is 400 g/mol. The number of nitrogens with one attached hydrogen (secondary N) is 1. The molecule has 0 spiro atoms. The van der Waals surface area contributed by atoms with Crippen LogP contribution in [0.25, 0.3) is 6.08 Å². The third-order valence-electron chi connectivity index (χ3n) is 3.70. The molecule has 1 N–H and O–H groups in total. The number of aryl methyl sites for hydroxylation is 2. The van der Waals surface area contributed by atoms with E-state index in [0.29, 0.717) is 0 Å². The molecule has 0 atom stereocenters. The van der Waals surface area contributed by atoms with Crippen molar-refractivity contribution >= 4 is 34.1 Å². The van der Waals surface area contributed by atoms with Gasteiger partial charge < -0.3 is 4.74 Å². The normalized spacial score (nSPS) is 11.6. The smallest absolute Gasteiger partial charge is 0.277 e. The lowest BCUT2D eigenvalue weighted by atomic mass is 10.1. The largest absolute Gasteiger partial charge is 0.483 e. The standard InChI is InChI=1S/C20H21BrN2O2/c1-14-9-10-15(2)20(16(14)3)25-13-19(24)23-22-12-18(21)11-17-7-5-4-6-8-17/h4-12H,13H2,1-3H3,(H,23,24)/b18-11-,22-12+. The SMILES string of the molecule is Cc1ccc(C)c(OCC(=O)N/N=C/C(Br)=C/c2ccccc2)c1C. The van der Waals surface area contributed by atoms with Crippen molar-refractivity contribution in [3.05, 3.63) is 69.2 Å². The molecule has 25 heavy (non-hydrogen) atoms. The second kappa shape index (κ2) is 9.18. The molecule has 5 heteroatoms. The van der Waals surface area contributed by atoms with Gasteiger partial charge in [-0.1, -0.05) is 42.5 Å². The topological polar surface area (TPSA) is 50.7 Å². The summed E-state index contributed by atoms with van der Waals surface area (Å²) in [7, 11) is 0. The Bertz CT molecular complexity index is 799. The highest BCUT2D eigenvalue weighted by atomic mass is 79.9. The zero-order chi connectivity index (χ0) is 18.2. The molecule has 0 heterocycles. The number of carbonyl (C=O) groups excluding carboxylic acids is 1. The van der Waals surface area contributed by atoms with Gasteiger partial charge in [-0.2, -0.15) is 5.10 Å². The zero-order valence-corrected chi connectivity index (χ0v) is 16.1. The predicted octanol–water partition coefficient (Wildman–Crippen LogP) is 4.53. The first-order valence-electron chi connectivity index (χ1n) is 7.91. The summed E-state index contributed by atoms with van der Waals surface area (Å²) in [5, 5.41) is 3.92. The van der Waals surface area contributed by atoms with Crippen LogP contribution in [0, 0.1) is 20.8 Å². The van der Waals surface area contributed by atoms with Gasteiger partial charge in [-0.05, 0) is 65.0 Å². The lowest BCUT2D eigenvalue weighted by Crippen LogP contribution is -2.25. The van der Waals surface area contributed by atoms with Gasteiger partial charge in [0.25, 0.3) is 5.91 Å². The number of ether oxygens (including phenoxy) is 1. The van der Waals surface area contributed by atoms with E-state index in [1.54, 1.807) is 0 Å². The molecule has 0 aliphatic carbocycles. The van der Waals surface area contributed by atoms with Crippen molar-refractivity contribution in [3.63, 3.8) is 0 Å². The summed E-state index contributed by atoms with van der Waals surface area (Å²) in [5.74, 6) is 0.445. The second-order valence-corrected chi connectivity index (χ2v) is 6.59. The van der Waals surface area contributed by atoms with Crippen molar-refractivity contribution in [2.45, 2.75) is 20.8 Å². The third kappa shape index (κ3) is 5.87. The summed E-state index contributed by atoms with van der Waals surface area (Å²) < 4.78 is 6.41. The summed E-state index contributed by atoms with van der Waals surface area (Å²) in [6.45, 7) is 5.88. The lowest BCUT2D eigenvalue weighted by molar-refractivity contribution is -0.123. The number of halogens is 1. The minimum atomic E-state index is -0.309. The van der Waals surface area contributed by atoms with Gasteiger partial charge in [0, 0.05) is 4.48 Å². The average molecular weight is 401 g/mol. The number of carbonyl (C=O) groups is 1. The molecule has 0 fully saturated rings. The Morgan fingerprint density at radius 3 is 2.52 bits per heavy atom. The van der Waals surface area contributed by atoms with Crippen LogP contribution in [-0.4, -0.2) is 18.7 Å². The van der Waals surface area contributed by atoms with Gasteiger partial charge in [-0.25, -0.2) is 5.43 Å². The van der Waals surface area contributed by atoms with Crippen molar-refractivity contribution in [2.75, 3.05) is 6.61 Å². The molecule has 0 aliphatic rings. The predicted molar refractivity (Wildman–Crippen MR) is 106 cm³/mol. The molecule has 4 nitrogen and oxygen atoms in total. The van der Waals surface area contributed by atoms with Crippen LogP contribution in [0.1, 0.15) is 22.3 Å². The average Bonchev–Trinajstić information content (AvgIpc) is 2.59. The minimum absolute atomic E-state index is 0.0809. The fourth-order valence-electron chi connectivity index (χ4n) is 2.23. The number of benzene rings is 2. The summed E-state index contributed by atoms with van der Waals surface area (Å²) in [4.78, 5) is 11.9. The number of hydrogen-bond donors (Lipinski definition) is 1. The Balaban J connectivity index is 1.87. The molecule has 0 bridgehead atoms. The van der Waals surface area contributed by atoms with Crippen molar-refractivity contribution in [3.8, 4) is 5.75 Å². The molecule has 0 aromatic heterocycles. The Labute approximate surface area is 156 Å². The molecule has 0 unspecified atom stereocenters. The summed E-state index contributed by atoms with van der Waals surface area (Å²) in [6, 6.07) is 13.9. The maximum atomic E-state index is 11.9.